The second-order valence-electron chi connectivity index (χ2n) is 0.612. The molecular weight excluding hydrogens is 402 g/mol. The molecule has 0 amide bonds. The standard InChI is InChI=1S/3C3H3.2Al.3BrH/c3*1-3-2;;;;;/h3*1H,2H2;;;3*1H/q3*-1;2*+3;;;/p-3. The van der Waals surface area contributed by atoms with Gasteiger partial charge in [0.2, 0.25) is 0 Å². The zero-order valence-electron chi connectivity index (χ0n) is 7.64. The van der Waals surface area contributed by atoms with Crippen LogP contribution in [0.4, 0.5) is 0 Å². The molecule has 14 heavy (non-hydrogen) atoms. The van der Waals surface area contributed by atoms with Crippen molar-refractivity contribution in [1.82, 2.24) is 0 Å². The van der Waals surface area contributed by atoms with E-state index in [2.05, 4.69) is 40.0 Å². The number of rotatable bonds is 0. The summed E-state index contributed by atoms with van der Waals surface area (Å²) in [5.74, 6) is 6.00. The summed E-state index contributed by atoms with van der Waals surface area (Å²) in [5, 5.41) is 0. The van der Waals surface area contributed by atoms with Gasteiger partial charge in [-0.05, 0) is 0 Å². The van der Waals surface area contributed by atoms with Crippen molar-refractivity contribution >= 4 is 34.7 Å². The van der Waals surface area contributed by atoms with Crippen LogP contribution >= 0.6 is 0 Å². The molecule has 0 saturated carbocycles. The van der Waals surface area contributed by atoms with E-state index in [0.717, 1.165) is 0 Å². The molecular formula is C9H9Al2Br3. The number of hydrogen-bond acceptors (Lipinski definition) is 0. The van der Waals surface area contributed by atoms with E-state index in [1.807, 2.05) is 17.8 Å². The molecule has 0 aliphatic rings. The van der Waals surface area contributed by atoms with Gasteiger partial charge in [0.1, 0.15) is 0 Å². The van der Waals surface area contributed by atoms with Crippen LogP contribution in [-0.4, -0.2) is 34.7 Å². The van der Waals surface area contributed by atoms with Gasteiger partial charge in [-0.1, -0.05) is 0 Å². The first-order valence-electron chi connectivity index (χ1n) is 1.93. The summed E-state index contributed by atoms with van der Waals surface area (Å²) in [4.78, 5) is 0. The maximum atomic E-state index is 4.49. The Hall–Kier alpha value is 0.795. The van der Waals surface area contributed by atoms with Crippen LogP contribution in [0.25, 0.3) is 0 Å². The Kier molecular flexibility index (Phi) is 683. The monoisotopic (exact) mass is 408 g/mol. The maximum Gasteiger partial charge on any atom is 3.00 e. The van der Waals surface area contributed by atoms with Crippen molar-refractivity contribution in [1.29, 1.82) is 0 Å². The van der Waals surface area contributed by atoms with Crippen molar-refractivity contribution < 1.29 is 50.9 Å². The third kappa shape index (κ3) is 2820. The van der Waals surface area contributed by atoms with E-state index >= 15 is 0 Å². The molecule has 0 heterocycles. The normalized spacial score (nSPS) is 1.50. The van der Waals surface area contributed by atoms with Crippen LogP contribution in [-0.2, 0) is 0 Å². The molecule has 0 saturated heterocycles. The molecule has 0 bridgehead atoms. The van der Waals surface area contributed by atoms with E-state index in [4.69, 9.17) is 0 Å². The van der Waals surface area contributed by atoms with Crippen LogP contribution in [0.15, 0.2) is 0 Å². The average molecular weight is 411 g/mol. The van der Waals surface area contributed by atoms with Gasteiger partial charge in [0, 0.05) is 0 Å². The molecule has 0 N–H and O–H groups in total. The molecule has 72 valence electrons. The first kappa shape index (κ1) is 61.0. The molecule has 0 unspecified atom stereocenters. The number of hydrogen-bond donors (Lipinski definition) is 0. The molecule has 0 aromatic carbocycles. The van der Waals surface area contributed by atoms with E-state index in [-0.39, 0.29) is 85.7 Å². The van der Waals surface area contributed by atoms with Crippen LogP contribution in [0, 0.1) is 57.8 Å². The van der Waals surface area contributed by atoms with Gasteiger partial charge >= 0.3 is 34.7 Å². The average Bonchev–Trinajstić information content (AvgIpc) is 1.70. The van der Waals surface area contributed by atoms with Crippen LogP contribution < -0.4 is 50.9 Å². The Morgan fingerprint density at radius 1 is 0.571 bits per heavy atom. The van der Waals surface area contributed by atoms with Crippen molar-refractivity contribution in [2.75, 3.05) is 0 Å². The van der Waals surface area contributed by atoms with Gasteiger partial charge in [-0.15, -0.1) is 0 Å². The summed E-state index contributed by atoms with van der Waals surface area (Å²) >= 11 is 0. The molecule has 5 heteroatoms. The Labute approximate surface area is 142 Å². The second kappa shape index (κ2) is 157. The van der Waals surface area contributed by atoms with Gasteiger partial charge in [-0.3, -0.25) is 0 Å². The summed E-state index contributed by atoms with van der Waals surface area (Å²) in [6.45, 7) is 9.04. The van der Waals surface area contributed by atoms with Crippen molar-refractivity contribution in [2.24, 2.45) is 0 Å². The summed E-state index contributed by atoms with van der Waals surface area (Å²) < 4.78 is 0. The van der Waals surface area contributed by atoms with E-state index in [1.165, 1.54) is 0 Å². The predicted molar refractivity (Wildman–Crippen MR) is 54.1 cm³/mol. The van der Waals surface area contributed by atoms with Gasteiger partial charge in [0.25, 0.3) is 0 Å². The second-order valence-corrected chi connectivity index (χ2v) is 0.612. The van der Waals surface area contributed by atoms with E-state index < -0.39 is 0 Å². The Balaban J connectivity index is -0.00000000545. The van der Waals surface area contributed by atoms with Crippen molar-refractivity contribution in [3.63, 3.8) is 0 Å². The first-order chi connectivity index (χ1) is 4.24. The molecule has 0 aromatic rings. The molecule has 0 aliphatic heterocycles. The van der Waals surface area contributed by atoms with Gasteiger partial charge in [-0.25, -0.2) is 0 Å². The van der Waals surface area contributed by atoms with Crippen LogP contribution in [0.2, 0.25) is 0 Å². The molecule has 0 radical (unpaired) electrons. The number of terminal acetylenes is 3. The fraction of sp³-hybridized carbons (Fsp3) is 0. The predicted octanol–water partition coefficient (Wildman–Crippen LogP) is -8.39. The Bertz CT molecular complexity index is 111. The SMILES string of the molecule is C#C[CH2-].C#C[CH2-].C#C[CH2-].[Al+3].[Al+3].[Br-].[Br-].[Br-]. The molecule has 0 atom stereocenters. The molecule has 0 spiro atoms. The smallest absolute Gasteiger partial charge is 1.00 e. The fourth-order valence-corrected chi connectivity index (χ4v) is 0. The quantitative estimate of drug-likeness (QED) is 0.211. The summed E-state index contributed by atoms with van der Waals surface area (Å²) in [6, 6.07) is 0. The van der Waals surface area contributed by atoms with E-state index in [1.54, 1.807) is 0 Å². The minimum atomic E-state index is 0. The summed E-state index contributed by atoms with van der Waals surface area (Å²) in [6.07, 6.45) is 13.5. The number of halogens is 3. The molecule has 0 aliphatic carbocycles. The van der Waals surface area contributed by atoms with Gasteiger partial charge < -0.3 is 88.0 Å². The van der Waals surface area contributed by atoms with Crippen molar-refractivity contribution in [3.8, 4) is 37.0 Å². The molecule has 0 aromatic heterocycles. The van der Waals surface area contributed by atoms with E-state index in [0.29, 0.717) is 0 Å². The zero-order valence-corrected chi connectivity index (χ0v) is 14.7. The minimum Gasteiger partial charge on any atom is -1.00 e. The van der Waals surface area contributed by atoms with Crippen molar-refractivity contribution in [3.05, 3.63) is 20.8 Å². The molecule has 0 fully saturated rings. The first-order valence-corrected chi connectivity index (χ1v) is 1.93. The van der Waals surface area contributed by atoms with Crippen LogP contribution in [0.3, 0.4) is 0 Å². The summed E-state index contributed by atoms with van der Waals surface area (Å²) in [7, 11) is 0. The van der Waals surface area contributed by atoms with Crippen LogP contribution in [0.1, 0.15) is 0 Å². The largest absolute Gasteiger partial charge is 3.00 e. The maximum absolute atomic E-state index is 4.49. The minimum absolute atomic E-state index is 0. The van der Waals surface area contributed by atoms with E-state index in [9.17, 15) is 0 Å². The third-order valence-corrected chi connectivity index (χ3v) is 0. The molecule has 0 rings (SSSR count). The third-order valence-electron chi connectivity index (χ3n) is 0. The zero-order chi connectivity index (χ0) is 8.12. The van der Waals surface area contributed by atoms with Gasteiger partial charge in [-0.2, -0.15) is 20.8 Å². The van der Waals surface area contributed by atoms with Crippen LogP contribution in [0.5, 0.6) is 0 Å². The Morgan fingerprint density at radius 2 is 0.571 bits per heavy atom. The topological polar surface area (TPSA) is 0 Å². The van der Waals surface area contributed by atoms with Gasteiger partial charge in [0.05, 0.1) is 0 Å². The fourth-order valence-electron chi connectivity index (χ4n) is 0. The summed E-state index contributed by atoms with van der Waals surface area (Å²) in [5.41, 5.74) is 0. The molecule has 0 nitrogen and oxygen atoms in total. The van der Waals surface area contributed by atoms with Crippen molar-refractivity contribution in [2.45, 2.75) is 0 Å². The van der Waals surface area contributed by atoms with Gasteiger partial charge in [0.15, 0.2) is 0 Å². The Morgan fingerprint density at radius 3 is 0.571 bits per heavy atom.